The number of nitrogens with two attached hydrogens (primary N) is 1. The van der Waals surface area contributed by atoms with E-state index in [1.165, 1.54) is 0 Å². The summed E-state index contributed by atoms with van der Waals surface area (Å²) in [6, 6.07) is 5.36. The van der Waals surface area contributed by atoms with Gasteiger partial charge in [0.1, 0.15) is 5.54 Å². The lowest BCUT2D eigenvalue weighted by Gasteiger charge is -2.18. The zero-order valence-electron chi connectivity index (χ0n) is 10.5. The van der Waals surface area contributed by atoms with Crippen LogP contribution in [0.3, 0.4) is 0 Å². The molecule has 2 aromatic rings. The SMILES string of the molecule is COCC(C)(N)c1noc(-c2cc(Cl)cc(Br)c2)n1. The van der Waals surface area contributed by atoms with Crippen molar-refractivity contribution in [2.24, 2.45) is 5.73 Å². The summed E-state index contributed by atoms with van der Waals surface area (Å²) in [5, 5.41) is 4.47. The molecule has 0 saturated heterocycles. The highest BCUT2D eigenvalue weighted by molar-refractivity contribution is 9.10. The molecule has 0 saturated carbocycles. The minimum Gasteiger partial charge on any atom is -0.382 e. The van der Waals surface area contributed by atoms with Crippen molar-refractivity contribution in [1.82, 2.24) is 10.1 Å². The summed E-state index contributed by atoms with van der Waals surface area (Å²) >= 11 is 9.34. The molecule has 0 radical (unpaired) electrons. The van der Waals surface area contributed by atoms with Crippen LogP contribution in [0, 0.1) is 0 Å². The monoisotopic (exact) mass is 345 g/mol. The highest BCUT2D eigenvalue weighted by Gasteiger charge is 2.27. The summed E-state index contributed by atoms with van der Waals surface area (Å²) in [5.41, 5.74) is 5.98. The minimum atomic E-state index is -0.799. The van der Waals surface area contributed by atoms with Crippen molar-refractivity contribution in [2.45, 2.75) is 12.5 Å². The maximum Gasteiger partial charge on any atom is 0.258 e. The third-order valence-corrected chi connectivity index (χ3v) is 3.17. The summed E-state index contributed by atoms with van der Waals surface area (Å²) in [4.78, 5) is 4.29. The molecule has 0 bridgehead atoms. The first kappa shape index (κ1) is 14.5. The fourth-order valence-corrected chi connectivity index (χ4v) is 2.47. The van der Waals surface area contributed by atoms with Gasteiger partial charge in [-0.3, -0.25) is 0 Å². The van der Waals surface area contributed by atoms with Crippen LogP contribution in [0.15, 0.2) is 27.2 Å². The Kier molecular flexibility index (Phi) is 4.25. The van der Waals surface area contributed by atoms with Crippen LogP contribution in [-0.4, -0.2) is 23.9 Å². The number of benzene rings is 1. The van der Waals surface area contributed by atoms with Crippen molar-refractivity contribution in [2.75, 3.05) is 13.7 Å². The third kappa shape index (κ3) is 3.33. The van der Waals surface area contributed by atoms with E-state index in [1.807, 2.05) is 6.07 Å². The molecule has 0 fully saturated rings. The van der Waals surface area contributed by atoms with Gasteiger partial charge in [0.2, 0.25) is 0 Å². The average Bonchev–Trinajstić information content (AvgIpc) is 2.77. The van der Waals surface area contributed by atoms with E-state index < -0.39 is 5.54 Å². The quantitative estimate of drug-likeness (QED) is 0.921. The predicted octanol–water partition coefficient (Wildman–Crippen LogP) is 2.97. The van der Waals surface area contributed by atoms with Crippen molar-refractivity contribution in [3.63, 3.8) is 0 Å². The number of halogens is 2. The lowest BCUT2D eigenvalue weighted by atomic mass is 10.1. The number of aromatic nitrogens is 2. The minimum absolute atomic E-state index is 0.297. The first-order valence-electron chi connectivity index (χ1n) is 5.51. The molecule has 1 aromatic carbocycles. The lowest BCUT2D eigenvalue weighted by molar-refractivity contribution is 0.135. The second-order valence-electron chi connectivity index (χ2n) is 4.43. The van der Waals surface area contributed by atoms with Gasteiger partial charge >= 0.3 is 0 Å². The van der Waals surface area contributed by atoms with Crippen LogP contribution < -0.4 is 5.73 Å². The van der Waals surface area contributed by atoms with Crippen LogP contribution >= 0.6 is 27.5 Å². The van der Waals surface area contributed by atoms with Crippen molar-refractivity contribution in [1.29, 1.82) is 0 Å². The van der Waals surface area contributed by atoms with Crippen LogP contribution in [0.2, 0.25) is 5.02 Å². The molecular formula is C12H13BrClN3O2. The molecule has 1 atom stereocenters. The van der Waals surface area contributed by atoms with E-state index in [1.54, 1.807) is 26.2 Å². The molecule has 7 heteroatoms. The normalized spacial score (nSPS) is 14.4. The van der Waals surface area contributed by atoms with Crippen molar-refractivity contribution < 1.29 is 9.26 Å². The van der Waals surface area contributed by atoms with Crippen molar-refractivity contribution in [3.8, 4) is 11.5 Å². The van der Waals surface area contributed by atoms with E-state index in [0.29, 0.717) is 23.3 Å². The van der Waals surface area contributed by atoms with E-state index in [9.17, 15) is 0 Å². The summed E-state index contributed by atoms with van der Waals surface area (Å²) in [5.74, 6) is 0.756. The number of hydrogen-bond acceptors (Lipinski definition) is 5. The van der Waals surface area contributed by atoms with Gasteiger partial charge in [-0.1, -0.05) is 32.7 Å². The number of methoxy groups -OCH3 is 1. The van der Waals surface area contributed by atoms with Gasteiger partial charge in [0.05, 0.1) is 6.61 Å². The maximum absolute atomic E-state index is 6.05. The number of rotatable bonds is 4. The molecular weight excluding hydrogens is 334 g/mol. The molecule has 1 heterocycles. The Labute approximate surface area is 124 Å². The van der Waals surface area contributed by atoms with Crippen molar-refractivity contribution in [3.05, 3.63) is 33.5 Å². The second-order valence-corrected chi connectivity index (χ2v) is 5.78. The highest BCUT2D eigenvalue weighted by Crippen LogP contribution is 2.27. The standard InChI is InChI=1S/C12H13BrClN3O2/c1-12(15,6-18-2)11-16-10(19-17-11)7-3-8(13)5-9(14)4-7/h3-5H,6,15H2,1-2H3. The molecule has 0 aliphatic carbocycles. The number of hydrogen-bond donors (Lipinski definition) is 1. The molecule has 102 valence electrons. The Hall–Kier alpha value is -0.950. The van der Waals surface area contributed by atoms with Gasteiger partial charge in [-0.2, -0.15) is 4.98 Å². The average molecular weight is 347 g/mol. The summed E-state index contributed by atoms with van der Waals surface area (Å²) < 4.78 is 11.1. The molecule has 1 unspecified atom stereocenters. The Bertz CT molecular complexity index is 566. The van der Waals surface area contributed by atoms with E-state index in [2.05, 4.69) is 26.1 Å². The molecule has 0 aliphatic rings. The van der Waals surface area contributed by atoms with Crippen LogP contribution in [0.25, 0.3) is 11.5 Å². The third-order valence-electron chi connectivity index (χ3n) is 2.49. The van der Waals surface area contributed by atoms with E-state index in [-0.39, 0.29) is 0 Å². The first-order chi connectivity index (χ1) is 8.92. The largest absolute Gasteiger partial charge is 0.382 e. The second kappa shape index (κ2) is 5.58. The molecule has 0 amide bonds. The lowest BCUT2D eigenvalue weighted by Crippen LogP contribution is -2.38. The molecule has 2 N–H and O–H groups in total. The van der Waals surface area contributed by atoms with Crippen molar-refractivity contribution >= 4 is 27.5 Å². The van der Waals surface area contributed by atoms with E-state index in [0.717, 1.165) is 10.0 Å². The first-order valence-corrected chi connectivity index (χ1v) is 6.68. The summed E-state index contributed by atoms with van der Waals surface area (Å²) in [6.07, 6.45) is 0. The van der Waals surface area contributed by atoms with Gasteiger partial charge in [-0.15, -0.1) is 0 Å². The maximum atomic E-state index is 6.05. The highest BCUT2D eigenvalue weighted by atomic mass is 79.9. The molecule has 2 rings (SSSR count). The van der Waals surface area contributed by atoms with E-state index in [4.69, 9.17) is 26.6 Å². The number of nitrogens with zero attached hydrogens (tertiary/aromatic N) is 2. The van der Waals surface area contributed by atoms with Gasteiger partial charge in [0.25, 0.3) is 5.89 Å². The fraction of sp³-hybridized carbons (Fsp3) is 0.333. The summed E-state index contributed by atoms with van der Waals surface area (Å²) in [6.45, 7) is 2.07. The van der Waals surface area contributed by atoms with Crippen LogP contribution in [0.4, 0.5) is 0 Å². The number of ether oxygens (including phenoxy) is 1. The molecule has 19 heavy (non-hydrogen) atoms. The van der Waals surface area contributed by atoms with Crippen LogP contribution in [0.1, 0.15) is 12.7 Å². The van der Waals surface area contributed by atoms with Gasteiger partial charge in [0.15, 0.2) is 5.82 Å². The van der Waals surface area contributed by atoms with Crippen LogP contribution in [-0.2, 0) is 10.3 Å². The Balaban J connectivity index is 2.35. The van der Waals surface area contributed by atoms with Crippen LogP contribution in [0.5, 0.6) is 0 Å². The van der Waals surface area contributed by atoms with Gasteiger partial charge < -0.3 is 15.0 Å². The van der Waals surface area contributed by atoms with Gasteiger partial charge in [-0.05, 0) is 25.1 Å². The molecule has 0 spiro atoms. The molecule has 0 aliphatic heterocycles. The summed E-state index contributed by atoms with van der Waals surface area (Å²) in [7, 11) is 1.57. The molecule has 1 aromatic heterocycles. The zero-order valence-corrected chi connectivity index (χ0v) is 12.8. The Morgan fingerprint density at radius 1 is 1.47 bits per heavy atom. The molecule has 5 nitrogen and oxygen atoms in total. The Morgan fingerprint density at radius 2 is 2.21 bits per heavy atom. The zero-order chi connectivity index (χ0) is 14.0. The Morgan fingerprint density at radius 3 is 2.84 bits per heavy atom. The van der Waals surface area contributed by atoms with Gasteiger partial charge in [0, 0.05) is 22.2 Å². The smallest absolute Gasteiger partial charge is 0.258 e. The van der Waals surface area contributed by atoms with E-state index >= 15 is 0 Å². The van der Waals surface area contributed by atoms with Gasteiger partial charge in [-0.25, -0.2) is 0 Å². The topological polar surface area (TPSA) is 74.2 Å². The predicted molar refractivity (Wildman–Crippen MR) is 75.9 cm³/mol. The fourth-order valence-electron chi connectivity index (χ4n) is 1.61.